The molecule has 0 aromatic carbocycles. The van der Waals surface area contributed by atoms with Crippen LogP contribution < -0.4 is 10.9 Å². The highest BCUT2D eigenvalue weighted by atomic mass is 16.5. The molecule has 6 nitrogen and oxygen atoms in total. The van der Waals surface area contributed by atoms with Crippen LogP contribution in [0.3, 0.4) is 0 Å². The average Bonchev–Trinajstić information content (AvgIpc) is 2.44. The Bertz CT molecular complexity index is 553. The summed E-state index contributed by atoms with van der Waals surface area (Å²) < 4.78 is 6.91. The van der Waals surface area contributed by atoms with Crippen LogP contribution in [0.2, 0.25) is 0 Å². The molecular formula is C15H23N3O3. The van der Waals surface area contributed by atoms with Crippen LogP contribution in [-0.4, -0.2) is 41.3 Å². The van der Waals surface area contributed by atoms with Crippen LogP contribution in [0.15, 0.2) is 23.1 Å². The molecule has 1 aromatic rings. The topological polar surface area (TPSA) is 63.6 Å². The van der Waals surface area contributed by atoms with Crippen molar-refractivity contribution < 1.29 is 9.53 Å². The van der Waals surface area contributed by atoms with E-state index >= 15 is 0 Å². The number of urea groups is 1. The van der Waals surface area contributed by atoms with Gasteiger partial charge in [-0.1, -0.05) is 13.8 Å². The van der Waals surface area contributed by atoms with Gasteiger partial charge in [0.2, 0.25) is 0 Å². The van der Waals surface area contributed by atoms with E-state index in [2.05, 4.69) is 19.2 Å². The molecule has 116 valence electrons. The molecule has 1 aliphatic rings. The maximum atomic E-state index is 12.4. The van der Waals surface area contributed by atoms with E-state index in [0.717, 1.165) is 6.42 Å². The Hall–Kier alpha value is -1.82. The molecule has 1 fully saturated rings. The standard InChI is InChI=1S/C15H23N3O3/c1-11(2)9-12-10-21-8-7-18(12)15(20)16-13-5-4-6-17(3)14(13)19/h4-6,11-12H,7-10H2,1-3H3,(H,16,20). The quantitative estimate of drug-likeness (QED) is 0.922. The van der Waals surface area contributed by atoms with Gasteiger partial charge in [0.15, 0.2) is 0 Å². The molecule has 0 bridgehead atoms. The third-order valence-electron chi connectivity index (χ3n) is 3.60. The predicted octanol–water partition coefficient (Wildman–Crippen LogP) is 1.66. The van der Waals surface area contributed by atoms with Crippen molar-refractivity contribution in [3.63, 3.8) is 0 Å². The second-order valence-corrected chi connectivity index (χ2v) is 5.82. The molecule has 1 aromatic heterocycles. The number of pyridine rings is 1. The number of anilines is 1. The van der Waals surface area contributed by atoms with Crippen molar-refractivity contribution in [3.8, 4) is 0 Å². The molecule has 0 spiro atoms. The van der Waals surface area contributed by atoms with Crippen LogP contribution in [0.4, 0.5) is 10.5 Å². The van der Waals surface area contributed by atoms with E-state index in [1.807, 2.05) is 0 Å². The minimum atomic E-state index is -0.229. The van der Waals surface area contributed by atoms with Gasteiger partial charge in [0, 0.05) is 19.8 Å². The number of hydrogen-bond donors (Lipinski definition) is 1. The van der Waals surface area contributed by atoms with Crippen LogP contribution in [-0.2, 0) is 11.8 Å². The number of morpholine rings is 1. The van der Waals surface area contributed by atoms with E-state index in [-0.39, 0.29) is 17.6 Å². The summed E-state index contributed by atoms with van der Waals surface area (Å²) in [7, 11) is 1.66. The third kappa shape index (κ3) is 3.85. The number of carbonyl (C=O) groups excluding carboxylic acids is 1. The van der Waals surface area contributed by atoms with Gasteiger partial charge in [-0.15, -0.1) is 0 Å². The first kappa shape index (κ1) is 15.6. The average molecular weight is 293 g/mol. The fraction of sp³-hybridized carbons (Fsp3) is 0.600. The van der Waals surface area contributed by atoms with Gasteiger partial charge in [-0.25, -0.2) is 4.79 Å². The molecule has 1 aliphatic heterocycles. The lowest BCUT2D eigenvalue weighted by molar-refractivity contribution is 0.00856. The maximum Gasteiger partial charge on any atom is 0.322 e. The maximum absolute atomic E-state index is 12.4. The smallest absolute Gasteiger partial charge is 0.322 e. The van der Waals surface area contributed by atoms with Crippen molar-refractivity contribution in [2.75, 3.05) is 25.1 Å². The van der Waals surface area contributed by atoms with Gasteiger partial charge in [-0.2, -0.15) is 0 Å². The van der Waals surface area contributed by atoms with Gasteiger partial charge >= 0.3 is 6.03 Å². The number of nitrogens with zero attached hydrogens (tertiary/aromatic N) is 2. The molecular weight excluding hydrogens is 270 g/mol. The monoisotopic (exact) mass is 293 g/mol. The molecule has 1 N–H and O–H groups in total. The zero-order chi connectivity index (χ0) is 15.4. The minimum absolute atomic E-state index is 0.0614. The van der Waals surface area contributed by atoms with Crippen LogP contribution >= 0.6 is 0 Å². The van der Waals surface area contributed by atoms with Crippen molar-refractivity contribution in [1.29, 1.82) is 0 Å². The summed E-state index contributed by atoms with van der Waals surface area (Å²) in [5, 5.41) is 2.72. The second-order valence-electron chi connectivity index (χ2n) is 5.82. The van der Waals surface area contributed by atoms with Crippen LogP contribution in [0.5, 0.6) is 0 Å². The Labute approximate surface area is 124 Å². The molecule has 21 heavy (non-hydrogen) atoms. The predicted molar refractivity (Wildman–Crippen MR) is 81.5 cm³/mol. The molecule has 0 saturated carbocycles. The Morgan fingerprint density at radius 3 is 3.00 bits per heavy atom. The number of carbonyl (C=O) groups is 1. The lowest BCUT2D eigenvalue weighted by Gasteiger charge is -2.36. The van der Waals surface area contributed by atoms with Crippen molar-refractivity contribution in [2.24, 2.45) is 13.0 Å². The van der Waals surface area contributed by atoms with Gasteiger partial charge < -0.3 is 19.5 Å². The van der Waals surface area contributed by atoms with Gasteiger partial charge in [-0.3, -0.25) is 4.79 Å². The number of rotatable bonds is 3. The molecule has 1 unspecified atom stereocenters. The molecule has 6 heteroatoms. The Kier molecular flexibility index (Phi) is 5.01. The molecule has 2 rings (SSSR count). The molecule has 2 amide bonds. The number of nitrogens with one attached hydrogen (secondary N) is 1. The molecule has 2 heterocycles. The van der Waals surface area contributed by atoms with Gasteiger partial charge in [0.25, 0.3) is 5.56 Å². The van der Waals surface area contributed by atoms with E-state index in [0.29, 0.717) is 31.4 Å². The van der Waals surface area contributed by atoms with Crippen LogP contribution in [0.1, 0.15) is 20.3 Å². The normalized spacial score (nSPS) is 18.9. The van der Waals surface area contributed by atoms with E-state index in [1.54, 1.807) is 30.3 Å². The minimum Gasteiger partial charge on any atom is -0.377 e. The molecule has 1 atom stereocenters. The second kappa shape index (κ2) is 6.76. The fourth-order valence-corrected chi connectivity index (χ4v) is 2.54. The first-order chi connectivity index (χ1) is 9.99. The Morgan fingerprint density at radius 1 is 1.52 bits per heavy atom. The van der Waals surface area contributed by atoms with Crippen LogP contribution in [0.25, 0.3) is 0 Å². The summed E-state index contributed by atoms with van der Waals surface area (Å²) in [5.41, 5.74) is 0.0966. The van der Waals surface area contributed by atoms with Crippen molar-refractivity contribution in [2.45, 2.75) is 26.3 Å². The van der Waals surface area contributed by atoms with Crippen LogP contribution in [0, 0.1) is 5.92 Å². The van der Waals surface area contributed by atoms with Crippen molar-refractivity contribution in [3.05, 3.63) is 28.7 Å². The summed E-state index contributed by atoms with van der Waals surface area (Å²) in [4.78, 5) is 26.2. The Balaban J connectivity index is 2.10. The number of amides is 2. The highest BCUT2D eigenvalue weighted by molar-refractivity contribution is 5.89. The van der Waals surface area contributed by atoms with E-state index < -0.39 is 0 Å². The summed E-state index contributed by atoms with van der Waals surface area (Å²) in [6.07, 6.45) is 2.55. The van der Waals surface area contributed by atoms with E-state index in [1.165, 1.54) is 4.57 Å². The SMILES string of the molecule is CC(C)CC1COCCN1C(=O)Nc1cccn(C)c1=O. The summed E-state index contributed by atoms with van der Waals surface area (Å²) in [5.74, 6) is 0.483. The third-order valence-corrected chi connectivity index (χ3v) is 3.60. The van der Waals surface area contributed by atoms with Gasteiger partial charge in [-0.05, 0) is 24.5 Å². The molecule has 0 aliphatic carbocycles. The number of aryl methyl sites for hydroxylation is 1. The number of ether oxygens (including phenoxy) is 1. The first-order valence-corrected chi connectivity index (χ1v) is 7.30. The van der Waals surface area contributed by atoms with E-state index in [9.17, 15) is 9.59 Å². The highest BCUT2D eigenvalue weighted by Crippen LogP contribution is 2.16. The summed E-state index contributed by atoms with van der Waals surface area (Å²) in [6, 6.07) is 3.19. The van der Waals surface area contributed by atoms with Gasteiger partial charge in [0.05, 0.1) is 19.3 Å². The molecule has 1 saturated heterocycles. The van der Waals surface area contributed by atoms with E-state index in [4.69, 9.17) is 4.74 Å². The number of hydrogen-bond acceptors (Lipinski definition) is 3. The van der Waals surface area contributed by atoms with Gasteiger partial charge in [0.1, 0.15) is 5.69 Å². The fourth-order valence-electron chi connectivity index (χ4n) is 2.54. The van der Waals surface area contributed by atoms with Crippen molar-refractivity contribution in [1.82, 2.24) is 9.47 Å². The lowest BCUT2D eigenvalue weighted by Crippen LogP contribution is -2.51. The largest absolute Gasteiger partial charge is 0.377 e. The van der Waals surface area contributed by atoms with Crippen molar-refractivity contribution >= 4 is 11.7 Å². The zero-order valence-electron chi connectivity index (χ0n) is 12.8. The summed E-state index contributed by atoms with van der Waals surface area (Å²) >= 11 is 0. The lowest BCUT2D eigenvalue weighted by atomic mass is 10.0. The summed E-state index contributed by atoms with van der Waals surface area (Å²) in [6.45, 7) is 5.89. The molecule has 0 radical (unpaired) electrons. The first-order valence-electron chi connectivity index (χ1n) is 7.30. The number of aromatic nitrogens is 1. The highest BCUT2D eigenvalue weighted by Gasteiger charge is 2.28. The zero-order valence-corrected chi connectivity index (χ0v) is 12.8. The Morgan fingerprint density at radius 2 is 2.29 bits per heavy atom.